The van der Waals surface area contributed by atoms with E-state index in [0.29, 0.717) is 50.0 Å². The summed E-state index contributed by atoms with van der Waals surface area (Å²) < 4.78 is 5.38. The summed E-state index contributed by atoms with van der Waals surface area (Å²) in [7, 11) is 1.59. The van der Waals surface area contributed by atoms with Crippen LogP contribution in [-0.4, -0.2) is 60.9 Å². The second-order valence-corrected chi connectivity index (χ2v) is 9.22. The highest BCUT2D eigenvalue weighted by Gasteiger charge is 2.37. The topological polar surface area (TPSA) is 61.9 Å². The third-order valence-corrected chi connectivity index (χ3v) is 7.00. The molecule has 1 heterocycles. The van der Waals surface area contributed by atoms with Gasteiger partial charge in [-0.3, -0.25) is 14.5 Å². The molecule has 2 aliphatic rings. The Balaban J connectivity index is 1.40. The SMILES string of the molecule is COc1ccccc1C(=O)N1CCN(C(C(=O)NCc2cccc(C)c2)C2CCCC2)CC1. The molecule has 2 fully saturated rings. The molecule has 1 unspecified atom stereocenters. The van der Waals surface area contributed by atoms with Gasteiger partial charge in [-0.05, 0) is 43.4 Å². The van der Waals surface area contributed by atoms with Gasteiger partial charge in [-0.15, -0.1) is 0 Å². The Morgan fingerprint density at radius 3 is 2.45 bits per heavy atom. The summed E-state index contributed by atoms with van der Waals surface area (Å²) in [6.07, 6.45) is 4.59. The van der Waals surface area contributed by atoms with Gasteiger partial charge in [0, 0.05) is 32.7 Å². The lowest BCUT2D eigenvalue weighted by molar-refractivity contribution is -0.129. The third kappa shape index (κ3) is 5.56. The highest BCUT2D eigenvalue weighted by molar-refractivity contribution is 5.97. The van der Waals surface area contributed by atoms with E-state index >= 15 is 0 Å². The number of carbonyl (C=O) groups is 2. The number of piperazine rings is 1. The lowest BCUT2D eigenvalue weighted by Crippen LogP contribution is -2.57. The van der Waals surface area contributed by atoms with Crippen LogP contribution in [0.3, 0.4) is 0 Å². The first-order chi connectivity index (χ1) is 16.1. The van der Waals surface area contributed by atoms with E-state index < -0.39 is 0 Å². The Kier molecular flexibility index (Phi) is 7.65. The Bertz CT molecular complexity index is 963. The molecule has 2 amide bonds. The van der Waals surface area contributed by atoms with Crippen LogP contribution in [0.25, 0.3) is 0 Å². The molecule has 1 atom stereocenters. The van der Waals surface area contributed by atoms with E-state index in [-0.39, 0.29) is 17.9 Å². The van der Waals surface area contributed by atoms with Crippen molar-refractivity contribution >= 4 is 11.8 Å². The minimum absolute atomic E-state index is 0.00610. The first kappa shape index (κ1) is 23.3. The average Bonchev–Trinajstić information content (AvgIpc) is 3.37. The molecule has 2 aromatic carbocycles. The molecule has 2 aromatic rings. The van der Waals surface area contributed by atoms with Gasteiger partial charge in [-0.1, -0.05) is 54.8 Å². The molecule has 0 radical (unpaired) electrons. The number of benzene rings is 2. The molecular formula is C27H35N3O3. The van der Waals surface area contributed by atoms with Crippen LogP contribution in [0, 0.1) is 12.8 Å². The third-order valence-electron chi connectivity index (χ3n) is 7.00. The molecule has 0 bridgehead atoms. The zero-order valence-corrected chi connectivity index (χ0v) is 19.8. The maximum atomic E-state index is 13.4. The van der Waals surface area contributed by atoms with Crippen LogP contribution in [0.2, 0.25) is 0 Å². The minimum atomic E-state index is -0.124. The van der Waals surface area contributed by atoms with Crippen LogP contribution in [0.1, 0.15) is 47.2 Å². The molecule has 1 saturated carbocycles. The van der Waals surface area contributed by atoms with Crippen molar-refractivity contribution in [3.05, 3.63) is 65.2 Å². The second-order valence-electron chi connectivity index (χ2n) is 9.22. The standard InChI is InChI=1S/C27H35N3O3/c1-20-8-7-9-21(18-20)19-28-26(31)25(22-10-3-4-11-22)29-14-16-30(17-15-29)27(32)23-12-5-6-13-24(23)33-2/h5-9,12-13,18,22,25H,3-4,10-11,14-17,19H2,1-2H3,(H,28,31). The zero-order valence-electron chi connectivity index (χ0n) is 19.8. The molecule has 33 heavy (non-hydrogen) atoms. The van der Waals surface area contributed by atoms with Crippen molar-refractivity contribution in [2.75, 3.05) is 33.3 Å². The number of hydrogen-bond acceptors (Lipinski definition) is 4. The number of nitrogens with zero attached hydrogens (tertiary/aromatic N) is 2. The number of nitrogens with one attached hydrogen (secondary N) is 1. The number of para-hydroxylation sites is 1. The molecule has 1 N–H and O–H groups in total. The van der Waals surface area contributed by atoms with E-state index in [9.17, 15) is 9.59 Å². The monoisotopic (exact) mass is 449 g/mol. The van der Waals surface area contributed by atoms with E-state index in [1.165, 1.54) is 18.4 Å². The first-order valence-corrected chi connectivity index (χ1v) is 12.1. The Morgan fingerprint density at radius 2 is 1.76 bits per heavy atom. The van der Waals surface area contributed by atoms with Crippen LogP contribution in [0.5, 0.6) is 5.75 Å². The van der Waals surface area contributed by atoms with Gasteiger partial charge >= 0.3 is 0 Å². The van der Waals surface area contributed by atoms with Gasteiger partial charge in [0.25, 0.3) is 5.91 Å². The van der Waals surface area contributed by atoms with Gasteiger partial charge in [-0.2, -0.15) is 0 Å². The smallest absolute Gasteiger partial charge is 0.257 e. The predicted molar refractivity (Wildman–Crippen MR) is 129 cm³/mol. The van der Waals surface area contributed by atoms with Crippen LogP contribution >= 0.6 is 0 Å². The van der Waals surface area contributed by atoms with E-state index in [4.69, 9.17) is 4.74 Å². The molecule has 0 spiro atoms. The number of hydrogen-bond donors (Lipinski definition) is 1. The van der Waals surface area contributed by atoms with Gasteiger partial charge in [-0.25, -0.2) is 0 Å². The molecule has 1 aliphatic carbocycles. The summed E-state index contributed by atoms with van der Waals surface area (Å²) in [4.78, 5) is 30.6. The molecule has 6 heteroatoms. The number of amides is 2. The maximum Gasteiger partial charge on any atom is 0.257 e. The fourth-order valence-electron chi connectivity index (χ4n) is 5.26. The highest BCUT2D eigenvalue weighted by atomic mass is 16.5. The number of methoxy groups -OCH3 is 1. The first-order valence-electron chi connectivity index (χ1n) is 12.1. The van der Waals surface area contributed by atoms with Gasteiger partial charge in [0.05, 0.1) is 18.7 Å². The summed E-state index contributed by atoms with van der Waals surface area (Å²) >= 11 is 0. The molecule has 6 nitrogen and oxygen atoms in total. The zero-order chi connectivity index (χ0) is 23.2. The largest absolute Gasteiger partial charge is 0.496 e. The van der Waals surface area contributed by atoms with Crippen LogP contribution in [-0.2, 0) is 11.3 Å². The summed E-state index contributed by atoms with van der Waals surface area (Å²) in [5.41, 5.74) is 2.92. The van der Waals surface area contributed by atoms with E-state index in [0.717, 1.165) is 18.4 Å². The van der Waals surface area contributed by atoms with Gasteiger partial charge in [0.2, 0.25) is 5.91 Å². The number of ether oxygens (including phenoxy) is 1. The number of rotatable bonds is 7. The molecule has 0 aromatic heterocycles. The Hall–Kier alpha value is -2.86. The number of aryl methyl sites for hydroxylation is 1. The summed E-state index contributed by atoms with van der Waals surface area (Å²) in [5.74, 6) is 1.10. The quantitative estimate of drug-likeness (QED) is 0.701. The lowest BCUT2D eigenvalue weighted by Gasteiger charge is -2.40. The summed E-state index contributed by atoms with van der Waals surface area (Å²) in [5, 5.41) is 3.20. The van der Waals surface area contributed by atoms with Crippen molar-refractivity contribution < 1.29 is 14.3 Å². The highest BCUT2D eigenvalue weighted by Crippen LogP contribution is 2.31. The minimum Gasteiger partial charge on any atom is -0.496 e. The summed E-state index contributed by atoms with van der Waals surface area (Å²) in [6, 6.07) is 15.5. The molecule has 1 saturated heterocycles. The predicted octanol–water partition coefficient (Wildman–Crippen LogP) is 3.64. The van der Waals surface area contributed by atoms with E-state index in [2.05, 4.69) is 35.3 Å². The summed E-state index contributed by atoms with van der Waals surface area (Å²) in [6.45, 7) is 5.27. The molecule has 1 aliphatic heterocycles. The Labute approximate surface area is 196 Å². The van der Waals surface area contributed by atoms with Crippen molar-refractivity contribution in [2.24, 2.45) is 5.92 Å². The lowest BCUT2D eigenvalue weighted by atomic mass is 9.94. The molecule has 176 valence electrons. The van der Waals surface area contributed by atoms with Crippen LogP contribution in [0.4, 0.5) is 0 Å². The van der Waals surface area contributed by atoms with E-state index in [1.54, 1.807) is 7.11 Å². The van der Waals surface area contributed by atoms with E-state index in [1.807, 2.05) is 35.2 Å². The van der Waals surface area contributed by atoms with Crippen LogP contribution in [0.15, 0.2) is 48.5 Å². The van der Waals surface area contributed by atoms with Crippen molar-refractivity contribution in [1.82, 2.24) is 15.1 Å². The van der Waals surface area contributed by atoms with Crippen molar-refractivity contribution in [3.63, 3.8) is 0 Å². The second kappa shape index (κ2) is 10.8. The van der Waals surface area contributed by atoms with Gasteiger partial charge in [0.1, 0.15) is 5.75 Å². The molecular weight excluding hydrogens is 414 g/mol. The van der Waals surface area contributed by atoms with Gasteiger partial charge < -0.3 is 15.0 Å². The molecule has 4 rings (SSSR count). The average molecular weight is 450 g/mol. The Morgan fingerprint density at radius 1 is 1.03 bits per heavy atom. The normalized spacial score (nSPS) is 18.2. The van der Waals surface area contributed by atoms with Crippen molar-refractivity contribution in [1.29, 1.82) is 0 Å². The fourth-order valence-corrected chi connectivity index (χ4v) is 5.26. The van der Waals surface area contributed by atoms with Crippen molar-refractivity contribution in [2.45, 2.75) is 45.2 Å². The fraction of sp³-hybridized carbons (Fsp3) is 0.481. The maximum absolute atomic E-state index is 13.4. The van der Waals surface area contributed by atoms with Crippen molar-refractivity contribution in [3.8, 4) is 5.75 Å². The van der Waals surface area contributed by atoms with Gasteiger partial charge in [0.15, 0.2) is 0 Å². The number of carbonyl (C=O) groups excluding carboxylic acids is 2. The van der Waals surface area contributed by atoms with Crippen LogP contribution < -0.4 is 10.1 Å².